The second kappa shape index (κ2) is 6.21. The number of alkyl halides is 3. The maximum absolute atomic E-state index is 13.0. The van der Waals surface area contributed by atoms with Gasteiger partial charge in [0.05, 0.1) is 17.2 Å². The summed E-state index contributed by atoms with van der Waals surface area (Å²) < 4.78 is 39.0. The molecular weight excluding hydrogens is 277 g/mol. The fourth-order valence-electron chi connectivity index (χ4n) is 2.05. The summed E-state index contributed by atoms with van der Waals surface area (Å²) in [7, 11) is 0. The van der Waals surface area contributed by atoms with Gasteiger partial charge in [-0.3, -0.25) is 0 Å². The quantitative estimate of drug-likeness (QED) is 0.758. The molecule has 0 heterocycles. The van der Waals surface area contributed by atoms with Crippen LogP contribution in [0.1, 0.15) is 31.9 Å². The molecular formula is C16H19F3N2. The van der Waals surface area contributed by atoms with E-state index in [2.05, 4.69) is 6.58 Å². The van der Waals surface area contributed by atoms with Crippen LogP contribution in [0, 0.1) is 16.7 Å². The lowest BCUT2D eigenvalue weighted by Crippen LogP contribution is -2.33. The van der Waals surface area contributed by atoms with E-state index in [0.717, 1.165) is 6.07 Å². The van der Waals surface area contributed by atoms with Gasteiger partial charge in [0.15, 0.2) is 0 Å². The predicted molar refractivity (Wildman–Crippen MR) is 78.0 cm³/mol. The van der Waals surface area contributed by atoms with Crippen molar-refractivity contribution in [3.63, 3.8) is 0 Å². The molecule has 1 aromatic rings. The number of nitriles is 1. The van der Waals surface area contributed by atoms with E-state index in [1.807, 2.05) is 25.7 Å². The minimum Gasteiger partial charge on any atom is -0.367 e. The predicted octanol–water partition coefficient (Wildman–Crippen LogP) is 4.62. The molecule has 1 rings (SSSR count). The first kappa shape index (κ1) is 17.1. The molecule has 0 aliphatic rings. The maximum Gasteiger partial charge on any atom is 0.417 e. The summed E-state index contributed by atoms with van der Waals surface area (Å²) >= 11 is 0. The summed E-state index contributed by atoms with van der Waals surface area (Å²) in [5, 5.41) is 8.82. The molecule has 1 aromatic carbocycles. The van der Waals surface area contributed by atoms with Gasteiger partial charge >= 0.3 is 6.18 Å². The number of hydrogen-bond donors (Lipinski definition) is 0. The van der Waals surface area contributed by atoms with Crippen LogP contribution in [0.25, 0.3) is 0 Å². The lowest BCUT2D eigenvalue weighted by atomic mass is 9.95. The summed E-state index contributed by atoms with van der Waals surface area (Å²) in [4.78, 5) is 1.82. The van der Waals surface area contributed by atoms with Crippen molar-refractivity contribution in [1.29, 1.82) is 5.26 Å². The highest BCUT2D eigenvalue weighted by Crippen LogP contribution is 2.35. The van der Waals surface area contributed by atoms with Crippen molar-refractivity contribution in [2.75, 3.05) is 18.0 Å². The Hall–Kier alpha value is -1.96. The first-order valence-electron chi connectivity index (χ1n) is 6.55. The first-order chi connectivity index (χ1) is 9.58. The van der Waals surface area contributed by atoms with Crippen molar-refractivity contribution in [3.05, 3.63) is 42.0 Å². The van der Waals surface area contributed by atoms with Gasteiger partial charge in [0.25, 0.3) is 0 Å². The van der Waals surface area contributed by atoms with Gasteiger partial charge in [0.1, 0.15) is 0 Å². The Bertz CT molecular complexity index is 548. The average Bonchev–Trinajstić information content (AvgIpc) is 2.35. The fourth-order valence-corrected chi connectivity index (χ4v) is 2.05. The molecule has 21 heavy (non-hydrogen) atoms. The van der Waals surface area contributed by atoms with E-state index in [9.17, 15) is 13.2 Å². The SMILES string of the molecule is C=CCN(CC(C)(C)C)c1ccc(C#N)c(C(F)(F)F)c1. The van der Waals surface area contributed by atoms with Crippen molar-refractivity contribution in [2.24, 2.45) is 5.41 Å². The second-order valence-corrected chi connectivity index (χ2v) is 6.07. The standard InChI is InChI=1S/C16H19F3N2/c1-5-8-21(11-15(2,3)4)13-7-6-12(10-20)14(9-13)16(17,18)19/h5-7,9H,1,8,11H2,2-4H3. The third kappa shape index (κ3) is 4.82. The lowest BCUT2D eigenvalue weighted by Gasteiger charge is -2.31. The molecule has 114 valence electrons. The molecule has 0 saturated carbocycles. The zero-order chi connectivity index (χ0) is 16.3. The van der Waals surface area contributed by atoms with Crippen LogP contribution in [0.5, 0.6) is 0 Å². The molecule has 0 spiro atoms. The monoisotopic (exact) mass is 296 g/mol. The summed E-state index contributed by atoms with van der Waals surface area (Å²) in [6, 6.07) is 5.39. The first-order valence-corrected chi connectivity index (χ1v) is 6.55. The van der Waals surface area contributed by atoms with Crippen LogP contribution in [-0.2, 0) is 6.18 Å². The van der Waals surface area contributed by atoms with Crippen molar-refractivity contribution in [3.8, 4) is 6.07 Å². The number of hydrogen-bond acceptors (Lipinski definition) is 2. The Morgan fingerprint density at radius 2 is 1.90 bits per heavy atom. The molecule has 0 unspecified atom stereocenters. The van der Waals surface area contributed by atoms with Gasteiger partial charge in [-0.2, -0.15) is 18.4 Å². The Morgan fingerprint density at radius 3 is 2.33 bits per heavy atom. The van der Waals surface area contributed by atoms with Crippen LogP contribution in [0.3, 0.4) is 0 Å². The van der Waals surface area contributed by atoms with Gasteiger partial charge in [-0.25, -0.2) is 0 Å². The highest BCUT2D eigenvalue weighted by Gasteiger charge is 2.34. The highest BCUT2D eigenvalue weighted by molar-refractivity contribution is 5.55. The zero-order valence-electron chi connectivity index (χ0n) is 12.5. The number of anilines is 1. The van der Waals surface area contributed by atoms with E-state index in [1.165, 1.54) is 6.07 Å². The van der Waals surface area contributed by atoms with Gasteiger partial charge in [0, 0.05) is 18.8 Å². The molecule has 0 N–H and O–H groups in total. The van der Waals surface area contributed by atoms with E-state index >= 15 is 0 Å². The van der Waals surface area contributed by atoms with Crippen molar-refractivity contribution in [2.45, 2.75) is 26.9 Å². The molecule has 0 amide bonds. The molecule has 5 heteroatoms. The second-order valence-electron chi connectivity index (χ2n) is 6.07. The maximum atomic E-state index is 13.0. The van der Waals surface area contributed by atoms with Crippen LogP contribution < -0.4 is 4.90 Å². The van der Waals surface area contributed by atoms with Crippen LogP contribution in [0.2, 0.25) is 0 Å². The lowest BCUT2D eigenvalue weighted by molar-refractivity contribution is -0.137. The summed E-state index contributed by atoms with van der Waals surface area (Å²) in [5.74, 6) is 0. The van der Waals surface area contributed by atoms with Crippen molar-refractivity contribution < 1.29 is 13.2 Å². The Labute approximate surface area is 123 Å². The topological polar surface area (TPSA) is 27.0 Å². The largest absolute Gasteiger partial charge is 0.417 e. The normalized spacial score (nSPS) is 11.9. The number of benzene rings is 1. The zero-order valence-corrected chi connectivity index (χ0v) is 12.5. The van der Waals surface area contributed by atoms with Crippen LogP contribution in [0.4, 0.5) is 18.9 Å². The Balaban J connectivity index is 3.28. The van der Waals surface area contributed by atoms with Gasteiger partial charge in [0.2, 0.25) is 0 Å². The van der Waals surface area contributed by atoms with E-state index in [4.69, 9.17) is 5.26 Å². The van der Waals surface area contributed by atoms with E-state index < -0.39 is 11.7 Å². The van der Waals surface area contributed by atoms with Gasteiger partial charge in [-0.15, -0.1) is 6.58 Å². The average molecular weight is 296 g/mol. The van der Waals surface area contributed by atoms with E-state index in [-0.39, 0.29) is 11.0 Å². The molecule has 0 atom stereocenters. The summed E-state index contributed by atoms with van der Waals surface area (Å²) in [6.07, 6.45) is -2.89. The number of halogens is 3. The molecule has 0 aliphatic heterocycles. The molecule has 0 fully saturated rings. The van der Waals surface area contributed by atoms with Crippen LogP contribution >= 0.6 is 0 Å². The van der Waals surface area contributed by atoms with Crippen LogP contribution in [0.15, 0.2) is 30.9 Å². The minimum absolute atomic E-state index is 0.0741. The third-order valence-corrected chi connectivity index (χ3v) is 2.81. The number of rotatable bonds is 4. The highest BCUT2D eigenvalue weighted by atomic mass is 19.4. The van der Waals surface area contributed by atoms with E-state index in [0.29, 0.717) is 18.8 Å². The molecule has 0 saturated heterocycles. The van der Waals surface area contributed by atoms with Gasteiger partial charge < -0.3 is 4.90 Å². The van der Waals surface area contributed by atoms with E-state index in [1.54, 1.807) is 18.2 Å². The van der Waals surface area contributed by atoms with Crippen molar-refractivity contribution in [1.82, 2.24) is 0 Å². The Morgan fingerprint density at radius 1 is 1.29 bits per heavy atom. The summed E-state index contributed by atoms with van der Waals surface area (Å²) in [5.41, 5.74) is -0.892. The van der Waals surface area contributed by atoms with Gasteiger partial charge in [-0.1, -0.05) is 26.8 Å². The fraction of sp³-hybridized carbons (Fsp3) is 0.438. The minimum atomic E-state index is -4.54. The molecule has 0 bridgehead atoms. The summed E-state index contributed by atoms with van der Waals surface area (Å²) in [6.45, 7) is 10.7. The smallest absolute Gasteiger partial charge is 0.367 e. The Kier molecular flexibility index (Phi) is 5.06. The van der Waals surface area contributed by atoms with Crippen LogP contribution in [-0.4, -0.2) is 13.1 Å². The molecule has 0 aliphatic carbocycles. The van der Waals surface area contributed by atoms with Crippen molar-refractivity contribution >= 4 is 5.69 Å². The molecule has 2 nitrogen and oxygen atoms in total. The van der Waals surface area contributed by atoms with Gasteiger partial charge in [-0.05, 0) is 23.6 Å². The number of nitrogens with zero attached hydrogens (tertiary/aromatic N) is 2. The third-order valence-electron chi connectivity index (χ3n) is 2.81. The molecule has 0 aromatic heterocycles. The molecule has 0 radical (unpaired) electrons.